The second-order valence-electron chi connectivity index (χ2n) is 4.47. The molecule has 120 valence electrons. The number of urea groups is 1. The smallest absolute Gasteiger partial charge is 0.328 e. The highest BCUT2D eigenvalue weighted by Crippen LogP contribution is 2.42. The van der Waals surface area contributed by atoms with Gasteiger partial charge in [-0.1, -0.05) is 11.6 Å². The van der Waals surface area contributed by atoms with Crippen LogP contribution >= 0.6 is 11.6 Å². The number of imide groups is 1. The molecule has 0 bridgehead atoms. The molecule has 0 spiro atoms. The minimum absolute atomic E-state index is 0.248. The van der Waals surface area contributed by atoms with Crippen molar-refractivity contribution in [3.8, 4) is 11.5 Å². The first-order valence-electron chi connectivity index (χ1n) is 6.04. The third-order valence-corrected chi connectivity index (χ3v) is 2.77. The van der Waals surface area contributed by atoms with E-state index in [0.29, 0.717) is 0 Å². The Morgan fingerprint density at radius 2 is 2.05 bits per heavy atom. The summed E-state index contributed by atoms with van der Waals surface area (Å²) in [5, 5.41) is 24.8. The summed E-state index contributed by atoms with van der Waals surface area (Å²) in [4.78, 5) is 33.6. The molecule has 3 N–H and O–H groups in total. The van der Waals surface area contributed by atoms with E-state index in [2.05, 4.69) is 5.32 Å². The number of aromatic hydroxyl groups is 1. The van der Waals surface area contributed by atoms with Crippen LogP contribution in [0.2, 0.25) is 5.02 Å². The predicted octanol–water partition coefficient (Wildman–Crippen LogP) is 1.81. The topological polar surface area (TPSA) is 131 Å². The van der Waals surface area contributed by atoms with Gasteiger partial charge in [-0.3, -0.25) is 20.2 Å². The van der Waals surface area contributed by atoms with Gasteiger partial charge in [0.2, 0.25) is 5.75 Å². The lowest BCUT2D eigenvalue weighted by atomic mass is 10.1. The number of benzene rings is 1. The molecule has 0 saturated carbocycles. The van der Waals surface area contributed by atoms with Crippen LogP contribution in [0.1, 0.15) is 24.2 Å². The fourth-order valence-electron chi connectivity index (χ4n) is 1.62. The fraction of sp³-hybridized carbons (Fsp3) is 0.333. The molecule has 0 saturated heterocycles. The maximum atomic E-state index is 12.0. The van der Waals surface area contributed by atoms with Crippen LogP contribution in [0.5, 0.6) is 11.5 Å². The summed E-state index contributed by atoms with van der Waals surface area (Å²) in [6.45, 7) is 3.33. The molecule has 1 aromatic rings. The molecule has 0 atom stereocenters. The Balaban J connectivity index is 3.29. The molecule has 9 nitrogen and oxygen atoms in total. The Bertz CT molecular complexity index is 632. The van der Waals surface area contributed by atoms with E-state index >= 15 is 0 Å². The zero-order chi connectivity index (χ0) is 17.0. The van der Waals surface area contributed by atoms with Crippen LogP contribution in [0.3, 0.4) is 0 Å². The van der Waals surface area contributed by atoms with E-state index < -0.39 is 33.9 Å². The lowest BCUT2D eigenvalue weighted by Crippen LogP contribution is -2.42. The van der Waals surface area contributed by atoms with E-state index in [1.807, 2.05) is 5.32 Å². The van der Waals surface area contributed by atoms with Crippen molar-refractivity contribution >= 4 is 29.2 Å². The van der Waals surface area contributed by atoms with Gasteiger partial charge >= 0.3 is 11.7 Å². The van der Waals surface area contributed by atoms with Crippen molar-refractivity contribution in [2.75, 3.05) is 7.11 Å². The normalized spacial score (nSPS) is 10.2. The van der Waals surface area contributed by atoms with E-state index in [-0.39, 0.29) is 16.8 Å². The SMILES string of the molecule is COc1cc(Cl)c(C(=O)NC(=O)NC(C)C)c([N+](=O)[O-])c1O. The fourth-order valence-corrected chi connectivity index (χ4v) is 1.89. The van der Waals surface area contributed by atoms with Gasteiger partial charge in [0.15, 0.2) is 5.75 Å². The van der Waals surface area contributed by atoms with Gasteiger partial charge < -0.3 is 15.2 Å². The third kappa shape index (κ3) is 3.76. The summed E-state index contributed by atoms with van der Waals surface area (Å²) in [5.41, 5.74) is -1.58. The van der Waals surface area contributed by atoms with Gasteiger partial charge in [0.05, 0.1) is 17.1 Å². The standard InChI is InChI=1S/C12H14ClN3O6/c1-5(2)14-12(19)15-11(18)8-6(13)4-7(22-3)10(17)9(8)16(20)21/h4-5,17H,1-3H3,(H2,14,15,18,19). The number of rotatable bonds is 4. The molecule has 1 rings (SSSR count). The van der Waals surface area contributed by atoms with Crippen LogP contribution < -0.4 is 15.4 Å². The van der Waals surface area contributed by atoms with Crippen LogP contribution in [-0.2, 0) is 0 Å². The molecule has 10 heteroatoms. The number of halogens is 1. The summed E-state index contributed by atoms with van der Waals surface area (Å²) in [7, 11) is 1.17. The Morgan fingerprint density at radius 3 is 2.50 bits per heavy atom. The average molecular weight is 332 g/mol. The number of nitro benzene ring substituents is 1. The third-order valence-electron chi connectivity index (χ3n) is 2.47. The predicted molar refractivity (Wildman–Crippen MR) is 77.5 cm³/mol. The molecule has 0 aliphatic rings. The second-order valence-corrected chi connectivity index (χ2v) is 4.88. The van der Waals surface area contributed by atoms with Crippen LogP contribution in [-0.4, -0.2) is 35.1 Å². The number of hydrogen-bond donors (Lipinski definition) is 3. The van der Waals surface area contributed by atoms with Crippen molar-refractivity contribution in [3.63, 3.8) is 0 Å². The molecule has 0 aromatic heterocycles. The average Bonchev–Trinajstić information content (AvgIpc) is 2.38. The summed E-state index contributed by atoms with van der Waals surface area (Å²) >= 11 is 5.83. The Kier molecular flexibility index (Phi) is 5.52. The van der Waals surface area contributed by atoms with Crippen LogP contribution in [0.15, 0.2) is 6.07 Å². The van der Waals surface area contributed by atoms with Gasteiger partial charge in [-0.05, 0) is 13.8 Å². The maximum Gasteiger partial charge on any atom is 0.328 e. The quantitative estimate of drug-likeness (QED) is 0.569. The number of nitrogens with one attached hydrogen (secondary N) is 2. The molecule has 1 aromatic carbocycles. The van der Waals surface area contributed by atoms with Crippen LogP contribution in [0, 0.1) is 10.1 Å². The zero-order valence-electron chi connectivity index (χ0n) is 12.0. The summed E-state index contributed by atoms with van der Waals surface area (Å²) in [5.74, 6) is -2.24. The Hall–Kier alpha value is -2.55. The van der Waals surface area contributed by atoms with Gasteiger partial charge in [-0.15, -0.1) is 0 Å². The largest absolute Gasteiger partial charge is 0.499 e. The molecular weight excluding hydrogens is 318 g/mol. The number of phenols is 1. The lowest BCUT2D eigenvalue weighted by molar-refractivity contribution is -0.386. The molecule has 0 heterocycles. The van der Waals surface area contributed by atoms with Crippen molar-refractivity contribution in [2.24, 2.45) is 0 Å². The molecule has 0 unspecified atom stereocenters. The minimum Gasteiger partial charge on any atom is -0.499 e. The number of ether oxygens (including phenoxy) is 1. The summed E-state index contributed by atoms with van der Waals surface area (Å²) in [6, 6.07) is -0.0534. The summed E-state index contributed by atoms with van der Waals surface area (Å²) in [6.07, 6.45) is 0. The number of hydrogen-bond acceptors (Lipinski definition) is 6. The van der Waals surface area contributed by atoms with Crippen molar-refractivity contribution in [1.82, 2.24) is 10.6 Å². The molecular formula is C12H14ClN3O6. The van der Waals surface area contributed by atoms with Gasteiger partial charge in [0, 0.05) is 12.1 Å². The lowest BCUT2D eigenvalue weighted by Gasteiger charge is -2.12. The van der Waals surface area contributed by atoms with Crippen molar-refractivity contribution in [1.29, 1.82) is 0 Å². The van der Waals surface area contributed by atoms with E-state index in [1.54, 1.807) is 13.8 Å². The van der Waals surface area contributed by atoms with Gasteiger partial charge in [0.1, 0.15) is 5.56 Å². The first-order valence-corrected chi connectivity index (χ1v) is 6.42. The Morgan fingerprint density at radius 1 is 1.45 bits per heavy atom. The second kappa shape index (κ2) is 6.94. The number of nitro groups is 1. The van der Waals surface area contributed by atoms with Gasteiger partial charge in [-0.25, -0.2) is 4.79 Å². The number of amides is 3. The number of nitrogens with zero attached hydrogens (tertiary/aromatic N) is 1. The molecule has 0 aliphatic carbocycles. The van der Waals surface area contributed by atoms with Crippen LogP contribution in [0.25, 0.3) is 0 Å². The molecule has 0 aliphatic heterocycles. The van der Waals surface area contributed by atoms with Crippen molar-refractivity contribution < 1.29 is 24.4 Å². The number of phenolic OH excluding ortho intramolecular Hbond substituents is 1. The van der Waals surface area contributed by atoms with E-state index in [1.165, 1.54) is 7.11 Å². The molecule has 0 radical (unpaired) electrons. The zero-order valence-corrected chi connectivity index (χ0v) is 12.7. The Labute approximate surface area is 130 Å². The van der Waals surface area contributed by atoms with Gasteiger partial charge in [0.25, 0.3) is 5.91 Å². The monoisotopic (exact) mass is 331 g/mol. The maximum absolute atomic E-state index is 12.0. The van der Waals surface area contributed by atoms with Crippen molar-refractivity contribution in [3.05, 3.63) is 26.8 Å². The highest BCUT2D eigenvalue weighted by Gasteiger charge is 2.32. The van der Waals surface area contributed by atoms with Crippen molar-refractivity contribution in [2.45, 2.75) is 19.9 Å². The molecule has 22 heavy (non-hydrogen) atoms. The number of methoxy groups -OCH3 is 1. The van der Waals surface area contributed by atoms with Crippen LogP contribution in [0.4, 0.5) is 10.5 Å². The highest BCUT2D eigenvalue weighted by molar-refractivity contribution is 6.35. The summed E-state index contributed by atoms with van der Waals surface area (Å²) < 4.78 is 4.74. The van der Waals surface area contributed by atoms with E-state index in [4.69, 9.17) is 16.3 Å². The first kappa shape index (κ1) is 17.5. The number of carbonyl (C=O) groups is 2. The number of carbonyl (C=O) groups excluding carboxylic acids is 2. The van der Waals surface area contributed by atoms with Gasteiger partial charge in [-0.2, -0.15) is 0 Å². The molecule has 0 fully saturated rings. The van der Waals surface area contributed by atoms with E-state index in [9.17, 15) is 24.8 Å². The first-order chi connectivity index (χ1) is 10.2. The minimum atomic E-state index is -1.12. The highest BCUT2D eigenvalue weighted by atomic mass is 35.5. The van der Waals surface area contributed by atoms with E-state index in [0.717, 1.165) is 6.07 Å². The molecule has 3 amide bonds.